The fraction of sp³-hybridized carbons (Fsp3) is 0.286. The number of likely N-dealkylation sites (N-methyl/N-ethyl adjacent to an activating group) is 1. The number of benzene rings is 1. The molecule has 0 heterocycles. The molecule has 0 saturated heterocycles. The Hall–Kier alpha value is -1.54. The molecule has 1 aromatic carbocycles. The van der Waals surface area contributed by atoms with E-state index in [1.165, 1.54) is 11.3 Å². The molecule has 0 aromatic heterocycles. The summed E-state index contributed by atoms with van der Waals surface area (Å²) < 4.78 is 0. The minimum Gasteiger partial charge on any atom is -0.358 e. The second-order valence-corrected chi connectivity index (χ2v) is 4.12. The average molecular weight is 214 g/mol. The first-order valence-corrected chi connectivity index (χ1v) is 5.67. The predicted octanol–water partition coefficient (Wildman–Crippen LogP) is 2.84. The average Bonchev–Trinajstić information content (AvgIpc) is 2.30. The van der Waals surface area contributed by atoms with Gasteiger partial charge < -0.3 is 10.6 Å². The van der Waals surface area contributed by atoms with Crippen LogP contribution in [0.4, 0.5) is 5.69 Å². The lowest BCUT2D eigenvalue weighted by molar-refractivity contribution is 0.641. The van der Waals surface area contributed by atoms with E-state index in [-0.39, 0.29) is 0 Å². The van der Waals surface area contributed by atoms with Gasteiger partial charge in [-0.1, -0.05) is 24.3 Å². The van der Waals surface area contributed by atoms with Gasteiger partial charge >= 0.3 is 0 Å². The third-order valence-electron chi connectivity index (χ3n) is 2.81. The molecule has 2 nitrogen and oxygen atoms in total. The normalized spacial score (nSPS) is 19.4. The minimum absolute atomic E-state index is 0.394. The van der Waals surface area contributed by atoms with E-state index in [9.17, 15) is 0 Å². The zero-order chi connectivity index (χ0) is 11.4. The van der Waals surface area contributed by atoms with Crippen LogP contribution in [0.2, 0.25) is 0 Å². The molecular weight excluding hydrogens is 196 g/mol. The standard InChI is InChI=1S/C14H18N2/c1-11-6-5-7-12(10-11)16-14-9-4-3-8-13(14)15-2/h3-7,9-10,13,15-16H,8H2,1-2H3. The Morgan fingerprint density at radius 2 is 2.19 bits per heavy atom. The molecule has 0 radical (unpaired) electrons. The molecule has 2 heteroatoms. The molecule has 1 aromatic rings. The zero-order valence-electron chi connectivity index (χ0n) is 9.83. The molecule has 0 fully saturated rings. The number of hydrogen-bond acceptors (Lipinski definition) is 2. The van der Waals surface area contributed by atoms with Gasteiger partial charge in [-0.25, -0.2) is 0 Å². The van der Waals surface area contributed by atoms with Gasteiger partial charge in [-0.05, 0) is 44.2 Å². The van der Waals surface area contributed by atoms with Gasteiger partial charge in [0.25, 0.3) is 0 Å². The highest BCUT2D eigenvalue weighted by Crippen LogP contribution is 2.17. The van der Waals surface area contributed by atoms with Crippen molar-refractivity contribution in [3.05, 3.63) is 53.8 Å². The van der Waals surface area contributed by atoms with E-state index in [0.29, 0.717) is 6.04 Å². The van der Waals surface area contributed by atoms with Crippen LogP contribution >= 0.6 is 0 Å². The maximum atomic E-state index is 3.47. The Balaban J connectivity index is 2.14. The summed E-state index contributed by atoms with van der Waals surface area (Å²) in [6.07, 6.45) is 7.46. The fourth-order valence-electron chi connectivity index (χ4n) is 1.92. The van der Waals surface area contributed by atoms with Crippen molar-refractivity contribution in [1.82, 2.24) is 5.32 Å². The lowest BCUT2D eigenvalue weighted by atomic mass is 10.0. The Morgan fingerprint density at radius 3 is 2.94 bits per heavy atom. The summed E-state index contributed by atoms with van der Waals surface area (Å²) in [5, 5.41) is 6.78. The van der Waals surface area contributed by atoms with Crippen LogP contribution in [-0.4, -0.2) is 13.1 Å². The number of allylic oxidation sites excluding steroid dienone is 2. The Morgan fingerprint density at radius 1 is 1.31 bits per heavy atom. The van der Waals surface area contributed by atoms with E-state index in [4.69, 9.17) is 0 Å². The van der Waals surface area contributed by atoms with Crippen molar-refractivity contribution in [2.45, 2.75) is 19.4 Å². The predicted molar refractivity (Wildman–Crippen MR) is 69.5 cm³/mol. The van der Waals surface area contributed by atoms with Crippen molar-refractivity contribution >= 4 is 5.69 Å². The van der Waals surface area contributed by atoms with Gasteiger partial charge in [-0.15, -0.1) is 0 Å². The van der Waals surface area contributed by atoms with E-state index >= 15 is 0 Å². The number of hydrogen-bond donors (Lipinski definition) is 2. The summed E-state index contributed by atoms with van der Waals surface area (Å²) in [7, 11) is 2.00. The molecule has 2 N–H and O–H groups in total. The highest BCUT2D eigenvalue weighted by Gasteiger charge is 2.12. The molecule has 0 bridgehead atoms. The molecule has 1 aliphatic rings. The second-order valence-electron chi connectivity index (χ2n) is 4.12. The van der Waals surface area contributed by atoms with Gasteiger partial charge in [0.2, 0.25) is 0 Å². The van der Waals surface area contributed by atoms with E-state index in [1.54, 1.807) is 0 Å². The lowest BCUT2D eigenvalue weighted by Crippen LogP contribution is -2.31. The largest absolute Gasteiger partial charge is 0.358 e. The van der Waals surface area contributed by atoms with Gasteiger partial charge in [0.05, 0.1) is 6.04 Å². The second kappa shape index (κ2) is 4.99. The molecule has 2 rings (SSSR count). The van der Waals surface area contributed by atoms with E-state index in [2.05, 4.69) is 60.1 Å². The Bertz CT molecular complexity index is 418. The first kappa shape index (κ1) is 11.0. The highest BCUT2D eigenvalue weighted by molar-refractivity contribution is 5.52. The highest BCUT2D eigenvalue weighted by atomic mass is 15.0. The minimum atomic E-state index is 0.394. The fourth-order valence-corrected chi connectivity index (χ4v) is 1.92. The van der Waals surface area contributed by atoms with Gasteiger partial charge in [-0.2, -0.15) is 0 Å². The summed E-state index contributed by atoms with van der Waals surface area (Å²) in [6.45, 7) is 2.11. The van der Waals surface area contributed by atoms with Crippen molar-refractivity contribution in [2.75, 3.05) is 12.4 Å². The van der Waals surface area contributed by atoms with Crippen molar-refractivity contribution in [2.24, 2.45) is 0 Å². The maximum Gasteiger partial charge on any atom is 0.0505 e. The van der Waals surface area contributed by atoms with Crippen molar-refractivity contribution in [3.63, 3.8) is 0 Å². The van der Waals surface area contributed by atoms with Crippen molar-refractivity contribution in [3.8, 4) is 0 Å². The molecule has 1 unspecified atom stereocenters. The lowest BCUT2D eigenvalue weighted by Gasteiger charge is -2.22. The molecule has 0 aliphatic heterocycles. The summed E-state index contributed by atoms with van der Waals surface area (Å²) in [4.78, 5) is 0. The summed E-state index contributed by atoms with van der Waals surface area (Å²) in [5.74, 6) is 0. The van der Waals surface area contributed by atoms with Crippen LogP contribution in [0.15, 0.2) is 48.2 Å². The molecule has 0 amide bonds. The third-order valence-corrected chi connectivity index (χ3v) is 2.81. The summed E-state index contributed by atoms with van der Waals surface area (Å²) in [5.41, 5.74) is 3.66. The van der Waals surface area contributed by atoms with Crippen LogP contribution in [-0.2, 0) is 0 Å². The maximum absolute atomic E-state index is 3.47. The first-order chi connectivity index (χ1) is 7.79. The smallest absolute Gasteiger partial charge is 0.0505 e. The van der Waals surface area contributed by atoms with Crippen LogP contribution in [0.25, 0.3) is 0 Å². The van der Waals surface area contributed by atoms with Crippen LogP contribution in [0.3, 0.4) is 0 Å². The number of anilines is 1. The van der Waals surface area contributed by atoms with Gasteiger partial charge in [0.1, 0.15) is 0 Å². The number of nitrogens with one attached hydrogen (secondary N) is 2. The van der Waals surface area contributed by atoms with Gasteiger partial charge in [0.15, 0.2) is 0 Å². The first-order valence-electron chi connectivity index (χ1n) is 5.67. The molecule has 0 saturated carbocycles. The van der Waals surface area contributed by atoms with Crippen LogP contribution in [0, 0.1) is 6.92 Å². The van der Waals surface area contributed by atoms with Crippen molar-refractivity contribution in [1.29, 1.82) is 0 Å². The van der Waals surface area contributed by atoms with E-state index in [1.807, 2.05) is 7.05 Å². The third kappa shape index (κ3) is 2.52. The molecule has 1 atom stereocenters. The Labute approximate surface area is 97.1 Å². The van der Waals surface area contributed by atoms with Crippen LogP contribution in [0.5, 0.6) is 0 Å². The topological polar surface area (TPSA) is 24.1 Å². The quantitative estimate of drug-likeness (QED) is 0.808. The Kier molecular flexibility index (Phi) is 3.42. The summed E-state index contributed by atoms with van der Waals surface area (Å²) >= 11 is 0. The number of aryl methyl sites for hydroxylation is 1. The SMILES string of the molecule is CNC1CC=CC=C1Nc1cccc(C)c1. The van der Waals surface area contributed by atoms with Crippen LogP contribution in [0.1, 0.15) is 12.0 Å². The monoisotopic (exact) mass is 214 g/mol. The van der Waals surface area contributed by atoms with E-state index in [0.717, 1.165) is 12.1 Å². The molecule has 1 aliphatic carbocycles. The summed E-state index contributed by atoms with van der Waals surface area (Å²) in [6, 6.07) is 8.83. The van der Waals surface area contributed by atoms with Crippen LogP contribution < -0.4 is 10.6 Å². The molecule has 0 spiro atoms. The van der Waals surface area contributed by atoms with Crippen molar-refractivity contribution < 1.29 is 0 Å². The molecule has 84 valence electrons. The number of rotatable bonds is 3. The molecular formula is C14H18N2. The molecule has 16 heavy (non-hydrogen) atoms. The van der Waals surface area contributed by atoms with Gasteiger partial charge in [0, 0.05) is 11.4 Å². The van der Waals surface area contributed by atoms with E-state index < -0.39 is 0 Å². The van der Waals surface area contributed by atoms with Gasteiger partial charge in [-0.3, -0.25) is 0 Å². The zero-order valence-corrected chi connectivity index (χ0v) is 9.83.